The fourth-order valence-electron chi connectivity index (χ4n) is 2.58. The van der Waals surface area contributed by atoms with Crippen molar-refractivity contribution in [2.45, 2.75) is 12.1 Å². The summed E-state index contributed by atoms with van der Waals surface area (Å²) in [5.74, 6) is 1.36. The van der Waals surface area contributed by atoms with Gasteiger partial charge in [-0.1, -0.05) is 11.8 Å². The van der Waals surface area contributed by atoms with E-state index in [1.807, 2.05) is 13.0 Å². The fraction of sp³-hybridized carbons (Fsp3) is 0.235. The van der Waals surface area contributed by atoms with Crippen LogP contribution >= 0.6 is 23.1 Å². The van der Waals surface area contributed by atoms with Crippen LogP contribution in [0.4, 0.5) is 0 Å². The first-order valence-electron chi connectivity index (χ1n) is 7.56. The minimum absolute atomic E-state index is 0.0555. The maximum atomic E-state index is 12.5. The number of fused-ring (bicyclic) bond motifs is 2. The number of carbonyl (C=O) groups is 1. The zero-order valence-corrected chi connectivity index (χ0v) is 15.2. The Bertz CT molecular complexity index is 1050. The van der Waals surface area contributed by atoms with Crippen LogP contribution in [0, 0.1) is 6.92 Å². The van der Waals surface area contributed by atoms with Gasteiger partial charge in [-0.15, -0.1) is 11.3 Å². The number of benzene rings is 1. The second kappa shape index (κ2) is 6.20. The Hall–Kier alpha value is -2.32. The highest BCUT2D eigenvalue weighted by atomic mass is 32.2. The van der Waals surface area contributed by atoms with Crippen molar-refractivity contribution in [3.8, 4) is 11.5 Å². The number of ether oxygens (including phenoxy) is 2. The molecule has 8 heteroatoms. The Morgan fingerprint density at radius 3 is 2.96 bits per heavy atom. The lowest BCUT2D eigenvalue weighted by Gasteiger charge is -2.07. The second-order valence-corrected chi connectivity index (χ2v) is 7.79. The van der Waals surface area contributed by atoms with Crippen molar-refractivity contribution >= 4 is 39.1 Å². The van der Waals surface area contributed by atoms with E-state index in [1.54, 1.807) is 25.2 Å². The van der Waals surface area contributed by atoms with E-state index in [-0.39, 0.29) is 23.9 Å². The minimum atomic E-state index is -0.0904. The molecular formula is C17H14N2O4S2. The van der Waals surface area contributed by atoms with E-state index >= 15 is 0 Å². The molecule has 1 aliphatic rings. The van der Waals surface area contributed by atoms with Crippen molar-refractivity contribution in [1.82, 2.24) is 9.55 Å². The molecule has 0 unspecified atom stereocenters. The largest absolute Gasteiger partial charge is 0.454 e. The minimum Gasteiger partial charge on any atom is -0.454 e. The summed E-state index contributed by atoms with van der Waals surface area (Å²) in [6.07, 6.45) is 0. The van der Waals surface area contributed by atoms with Crippen LogP contribution in [0.25, 0.3) is 10.2 Å². The van der Waals surface area contributed by atoms with Crippen LogP contribution in [0.3, 0.4) is 0 Å². The van der Waals surface area contributed by atoms with Crippen LogP contribution in [-0.4, -0.2) is 27.9 Å². The molecule has 0 spiro atoms. The van der Waals surface area contributed by atoms with Crippen LogP contribution < -0.4 is 15.0 Å². The van der Waals surface area contributed by atoms with Gasteiger partial charge in [0.2, 0.25) is 6.79 Å². The normalized spacial score (nSPS) is 12.7. The Kier molecular flexibility index (Phi) is 4.01. The van der Waals surface area contributed by atoms with Gasteiger partial charge >= 0.3 is 0 Å². The zero-order chi connectivity index (χ0) is 17.6. The Morgan fingerprint density at radius 2 is 2.12 bits per heavy atom. The predicted octanol–water partition coefficient (Wildman–Crippen LogP) is 3.01. The Balaban J connectivity index is 1.57. The van der Waals surface area contributed by atoms with Crippen molar-refractivity contribution < 1.29 is 14.3 Å². The average molecular weight is 374 g/mol. The van der Waals surface area contributed by atoms with Crippen LogP contribution in [0.5, 0.6) is 11.5 Å². The standard InChI is InChI=1S/C17H14N2O4S2/c1-9-5-11-15(25-9)18-17(19(2)16(11)21)24-7-12(20)10-3-4-13-14(6-10)23-8-22-13/h3-6H,7-8H2,1-2H3. The number of aromatic nitrogens is 2. The molecule has 0 N–H and O–H groups in total. The van der Waals surface area contributed by atoms with Gasteiger partial charge in [-0.05, 0) is 31.2 Å². The van der Waals surface area contributed by atoms with Gasteiger partial charge in [0, 0.05) is 17.5 Å². The maximum Gasteiger partial charge on any atom is 0.262 e. The van der Waals surface area contributed by atoms with Crippen molar-refractivity contribution in [3.05, 3.63) is 45.1 Å². The summed E-state index contributed by atoms with van der Waals surface area (Å²) in [7, 11) is 1.68. The monoisotopic (exact) mass is 374 g/mol. The first-order chi connectivity index (χ1) is 12.0. The summed E-state index contributed by atoms with van der Waals surface area (Å²) in [4.78, 5) is 31.1. The third kappa shape index (κ3) is 2.91. The molecule has 0 saturated carbocycles. The first kappa shape index (κ1) is 16.2. The lowest BCUT2D eigenvalue weighted by Crippen LogP contribution is -2.19. The molecule has 3 aromatic rings. The molecule has 0 fully saturated rings. The van der Waals surface area contributed by atoms with Gasteiger partial charge in [0.15, 0.2) is 22.4 Å². The number of Topliss-reactive ketones (excluding diaryl/α,β-unsaturated/α-hetero) is 1. The summed E-state index contributed by atoms with van der Waals surface area (Å²) < 4.78 is 12.0. The number of carbonyl (C=O) groups excluding carboxylic acids is 1. The van der Waals surface area contributed by atoms with Gasteiger partial charge in [0.25, 0.3) is 5.56 Å². The topological polar surface area (TPSA) is 70.4 Å². The first-order valence-corrected chi connectivity index (χ1v) is 9.36. The van der Waals surface area contributed by atoms with E-state index in [2.05, 4.69) is 4.98 Å². The van der Waals surface area contributed by atoms with Crippen LogP contribution in [-0.2, 0) is 7.05 Å². The number of nitrogens with zero attached hydrogens (tertiary/aromatic N) is 2. The van der Waals surface area contributed by atoms with Crippen molar-refractivity contribution in [3.63, 3.8) is 0 Å². The van der Waals surface area contributed by atoms with Crippen LogP contribution in [0.2, 0.25) is 0 Å². The van der Waals surface area contributed by atoms with Gasteiger partial charge in [-0.3, -0.25) is 14.2 Å². The fourth-order valence-corrected chi connectivity index (χ4v) is 4.37. The quantitative estimate of drug-likeness (QED) is 0.397. The highest BCUT2D eigenvalue weighted by molar-refractivity contribution is 7.99. The van der Waals surface area contributed by atoms with Gasteiger partial charge in [0.1, 0.15) is 4.83 Å². The predicted molar refractivity (Wildman–Crippen MR) is 97.2 cm³/mol. The van der Waals surface area contributed by atoms with E-state index in [1.165, 1.54) is 27.7 Å². The number of aryl methyl sites for hydroxylation is 1. The van der Waals surface area contributed by atoms with Gasteiger partial charge in [0.05, 0.1) is 11.1 Å². The molecule has 0 saturated heterocycles. The molecule has 2 aromatic heterocycles. The molecule has 4 rings (SSSR count). The molecular weight excluding hydrogens is 360 g/mol. The molecule has 6 nitrogen and oxygen atoms in total. The molecule has 25 heavy (non-hydrogen) atoms. The molecule has 3 heterocycles. The SMILES string of the molecule is Cc1cc2c(=O)n(C)c(SCC(=O)c3ccc4c(c3)OCO4)nc2s1. The van der Waals surface area contributed by atoms with Gasteiger partial charge in [-0.25, -0.2) is 4.98 Å². The van der Waals surface area contributed by atoms with Gasteiger partial charge in [-0.2, -0.15) is 0 Å². The molecule has 0 atom stereocenters. The highest BCUT2D eigenvalue weighted by Gasteiger charge is 2.17. The number of thiophene rings is 1. The lowest BCUT2D eigenvalue weighted by molar-refractivity contribution is 0.102. The summed E-state index contributed by atoms with van der Waals surface area (Å²) in [5.41, 5.74) is 0.460. The number of hydrogen-bond acceptors (Lipinski definition) is 7. The molecule has 128 valence electrons. The summed E-state index contributed by atoms with van der Waals surface area (Å²) >= 11 is 2.74. The Labute approximate surface area is 151 Å². The molecule has 1 aromatic carbocycles. The zero-order valence-electron chi connectivity index (χ0n) is 13.6. The summed E-state index contributed by atoms with van der Waals surface area (Å²) in [5, 5.41) is 1.16. The third-order valence-corrected chi connectivity index (χ3v) is 5.86. The Morgan fingerprint density at radius 1 is 1.32 bits per heavy atom. The third-order valence-electron chi connectivity index (χ3n) is 3.88. The molecule has 1 aliphatic heterocycles. The van der Waals surface area contributed by atoms with Crippen LogP contribution in [0.1, 0.15) is 15.2 Å². The van der Waals surface area contributed by atoms with E-state index in [4.69, 9.17) is 9.47 Å². The van der Waals surface area contributed by atoms with Crippen LogP contribution in [0.15, 0.2) is 34.2 Å². The number of ketones is 1. The summed E-state index contributed by atoms with van der Waals surface area (Å²) in [6.45, 7) is 2.12. The summed E-state index contributed by atoms with van der Waals surface area (Å²) in [6, 6.07) is 6.98. The van der Waals surface area contributed by atoms with E-state index in [0.29, 0.717) is 32.4 Å². The highest BCUT2D eigenvalue weighted by Crippen LogP contribution is 2.33. The molecule has 0 radical (unpaired) electrons. The van der Waals surface area contributed by atoms with Crippen molar-refractivity contribution in [1.29, 1.82) is 0 Å². The maximum absolute atomic E-state index is 12.5. The van der Waals surface area contributed by atoms with E-state index < -0.39 is 0 Å². The van der Waals surface area contributed by atoms with Crippen molar-refractivity contribution in [2.24, 2.45) is 7.05 Å². The molecule has 0 bridgehead atoms. The average Bonchev–Trinajstić information content (AvgIpc) is 3.21. The lowest BCUT2D eigenvalue weighted by atomic mass is 10.1. The number of rotatable bonds is 4. The van der Waals surface area contributed by atoms with Crippen molar-refractivity contribution in [2.75, 3.05) is 12.5 Å². The molecule has 0 amide bonds. The number of thioether (sulfide) groups is 1. The van der Waals surface area contributed by atoms with Gasteiger partial charge < -0.3 is 9.47 Å². The van der Waals surface area contributed by atoms with E-state index in [9.17, 15) is 9.59 Å². The van der Waals surface area contributed by atoms with E-state index in [0.717, 1.165) is 4.88 Å². The molecule has 0 aliphatic carbocycles. The smallest absolute Gasteiger partial charge is 0.262 e. The second-order valence-electron chi connectivity index (χ2n) is 5.61. The number of hydrogen-bond donors (Lipinski definition) is 0.